The molecule has 0 radical (unpaired) electrons. The normalized spacial score (nSPS) is 14.1. The van der Waals surface area contributed by atoms with Crippen molar-refractivity contribution in [1.29, 1.82) is 0 Å². The molecule has 1 amide bonds. The number of aliphatic carboxylic acids is 1. The number of amides is 1. The zero-order chi connectivity index (χ0) is 19.6. The minimum atomic E-state index is -4.83. The smallest absolute Gasteiger partial charge is 0.408 e. The van der Waals surface area contributed by atoms with Crippen LogP contribution in [0.25, 0.3) is 11.1 Å². The van der Waals surface area contributed by atoms with E-state index in [2.05, 4.69) is 0 Å². The molecule has 1 aliphatic carbocycles. The van der Waals surface area contributed by atoms with Gasteiger partial charge in [0.05, 0.1) is 0 Å². The van der Waals surface area contributed by atoms with Gasteiger partial charge in [0.1, 0.15) is 6.61 Å². The Labute approximate surface area is 154 Å². The van der Waals surface area contributed by atoms with Crippen LogP contribution in [-0.2, 0) is 19.8 Å². The summed E-state index contributed by atoms with van der Waals surface area (Å²) in [6, 6.07) is 15.3. The Morgan fingerprint density at radius 2 is 1.56 bits per heavy atom. The van der Waals surface area contributed by atoms with Crippen LogP contribution in [-0.4, -0.2) is 42.9 Å². The van der Waals surface area contributed by atoms with E-state index in [1.807, 2.05) is 53.8 Å². The quantitative estimate of drug-likeness (QED) is 0.429. The molecular weight excluding hydrogens is 376 g/mol. The Balaban J connectivity index is 1.71. The summed E-state index contributed by atoms with van der Waals surface area (Å²) >= 11 is 0. The Kier molecular flexibility index (Phi) is 5.13. The van der Waals surface area contributed by atoms with Gasteiger partial charge in [0.15, 0.2) is 6.17 Å². The van der Waals surface area contributed by atoms with E-state index in [1.165, 1.54) is 4.72 Å². The number of nitrogens with one attached hydrogen (secondary N) is 2. The second-order valence-electron chi connectivity index (χ2n) is 5.83. The Morgan fingerprint density at radius 3 is 2.04 bits per heavy atom. The third kappa shape index (κ3) is 4.25. The Morgan fingerprint density at radius 1 is 1.04 bits per heavy atom. The molecule has 1 aliphatic rings. The predicted octanol–water partition coefficient (Wildman–Crippen LogP) is 1.33. The average molecular weight is 392 g/mol. The number of rotatable bonds is 6. The predicted molar refractivity (Wildman–Crippen MR) is 94.3 cm³/mol. The lowest BCUT2D eigenvalue weighted by atomic mass is 9.98. The second kappa shape index (κ2) is 7.35. The molecule has 0 fully saturated rings. The van der Waals surface area contributed by atoms with Crippen molar-refractivity contribution < 1.29 is 32.4 Å². The SMILES string of the molecule is O=C(N[C@@H](NS(=O)(=O)O)C(=O)O)OCC1c2ccccc2-c2ccccc21. The van der Waals surface area contributed by atoms with Gasteiger partial charge in [0.2, 0.25) is 0 Å². The first-order valence-corrected chi connectivity index (χ1v) is 9.29. The average Bonchev–Trinajstić information content (AvgIpc) is 2.92. The third-order valence-corrected chi connectivity index (χ3v) is 4.65. The van der Waals surface area contributed by atoms with Crippen molar-refractivity contribution in [3.63, 3.8) is 0 Å². The highest BCUT2D eigenvalue weighted by Crippen LogP contribution is 2.44. The molecule has 0 aromatic heterocycles. The van der Waals surface area contributed by atoms with Gasteiger partial charge in [-0.3, -0.25) is 9.87 Å². The molecule has 2 aromatic rings. The van der Waals surface area contributed by atoms with Crippen LogP contribution in [0.2, 0.25) is 0 Å². The van der Waals surface area contributed by atoms with E-state index in [0.717, 1.165) is 22.3 Å². The van der Waals surface area contributed by atoms with E-state index in [0.29, 0.717) is 0 Å². The number of fused-ring (bicyclic) bond motifs is 3. The van der Waals surface area contributed by atoms with Crippen molar-refractivity contribution in [2.75, 3.05) is 6.61 Å². The van der Waals surface area contributed by atoms with Gasteiger partial charge in [0, 0.05) is 5.92 Å². The first-order valence-electron chi connectivity index (χ1n) is 7.85. The summed E-state index contributed by atoms with van der Waals surface area (Å²) in [7, 11) is -4.83. The fourth-order valence-corrected chi connectivity index (χ4v) is 3.51. The van der Waals surface area contributed by atoms with Gasteiger partial charge in [-0.1, -0.05) is 48.5 Å². The molecule has 4 N–H and O–H groups in total. The van der Waals surface area contributed by atoms with Gasteiger partial charge < -0.3 is 9.84 Å². The molecule has 1 atom stereocenters. The number of carbonyl (C=O) groups is 2. The maximum atomic E-state index is 11.9. The van der Waals surface area contributed by atoms with E-state index >= 15 is 0 Å². The van der Waals surface area contributed by atoms with E-state index in [1.54, 1.807) is 0 Å². The summed E-state index contributed by atoms with van der Waals surface area (Å²) < 4.78 is 36.7. The number of hydrogen-bond donors (Lipinski definition) is 4. The zero-order valence-electron chi connectivity index (χ0n) is 13.8. The summed E-state index contributed by atoms with van der Waals surface area (Å²) in [6.07, 6.45) is -3.20. The maximum absolute atomic E-state index is 11.9. The van der Waals surface area contributed by atoms with Crippen LogP contribution in [0.3, 0.4) is 0 Å². The van der Waals surface area contributed by atoms with E-state index in [4.69, 9.17) is 14.4 Å². The summed E-state index contributed by atoms with van der Waals surface area (Å²) in [5.41, 5.74) is 3.99. The number of hydrogen-bond acceptors (Lipinski definition) is 5. The number of ether oxygens (including phenoxy) is 1. The van der Waals surface area contributed by atoms with Crippen molar-refractivity contribution in [3.05, 3.63) is 59.7 Å². The summed E-state index contributed by atoms with van der Waals surface area (Å²) in [6.45, 7) is -0.0714. The molecule has 3 rings (SSSR count). The second-order valence-corrected chi connectivity index (χ2v) is 7.02. The number of carboxylic acids is 1. The molecular formula is C17H16N2O7S. The van der Waals surface area contributed by atoms with Crippen LogP contribution in [0.15, 0.2) is 48.5 Å². The van der Waals surface area contributed by atoms with Crippen molar-refractivity contribution in [2.45, 2.75) is 12.1 Å². The third-order valence-electron chi connectivity index (χ3n) is 4.12. The number of carbonyl (C=O) groups excluding carboxylic acids is 1. The van der Waals surface area contributed by atoms with Gasteiger partial charge in [0.25, 0.3) is 0 Å². The molecule has 0 saturated carbocycles. The van der Waals surface area contributed by atoms with Gasteiger partial charge in [-0.2, -0.15) is 13.1 Å². The van der Waals surface area contributed by atoms with Crippen molar-refractivity contribution in [3.8, 4) is 11.1 Å². The molecule has 2 aromatic carbocycles. The van der Waals surface area contributed by atoms with Crippen LogP contribution >= 0.6 is 0 Å². The summed E-state index contributed by atoms with van der Waals surface area (Å²) in [5.74, 6) is -1.94. The monoisotopic (exact) mass is 392 g/mol. The first kappa shape index (κ1) is 18.8. The highest BCUT2D eigenvalue weighted by atomic mass is 32.2. The number of benzene rings is 2. The van der Waals surface area contributed by atoms with Gasteiger partial charge in [-0.05, 0) is 22.3 Å². The molecule has 9 nitrogen and oxygen atoms in total. The number of alkyl carbamates (subject to hydrolysis) is 1. The molecule has 0 spiro atoms. The Hall–Kier alpha value is -2.95. The van der Waals surface area contributed by atoms with Crippen molar-refractivity contribution in [2.24, 2.45) is 0 Å². The summed E-state index contributed by atoms with van der Waals surface area (Å²) in [4.78, 5) is 22.9. The molecule has 0 aliphatic heterocycles. The maximum Gasteiger partial charge on any atom is 0.408 e. The lowest BCUT2D eigenvalue weighted by Gasteiger charge is -2.17. The van der Waals surface area contributed by atoms with Crippen LogP contribution in [0.5, 0.6) is 0 Å². The van der Waals surface area contributed by atoms with Crippen LogP contribution < -0.4 is 10.0 Å². The number of carboxylic acid groups (broad SMARTS) is 1. The first-order chi connectivity index (χ1) is 12.8. The minimum absolute atomic E-state index is 0.0714. The lowest BCUT2D eigenvalue weighted by Crippen LogP contribution is -2.52. The van der Waals surface area contributed by atoms with Crippen LogP contribution in [0, 0.1) is 0 Å². The molecule has 0 saturated heterocycles. The molecule has 27 heavy (non-hydrogen) atoms. The minimum Gasteiger partial charge on any atom is -0.479 e. The fourth-order valence-electron chi connectivity index (χ4n) is 3.05. The Bertz CT molecular complexity index is 945. The van der Waals surface area contributed by atoms with Crippen LogP contribution in [0.4, 0.5) is 4.79 Å². The van der Waals surface area contributed by atoms with E-state index in [9.17, 15) is 18.0 Å². The van der Waals surface area contributed by atoms with Gasteiger partial charge in [-0.15, -0.1) is 0 Å². The van der Waals surface area contributed by atoms with Gasteiger partial charge >= 0.3 is 22.4 Å². The molecule has 10 heteroatoms. The largest absolute Gasteiger partial charge is 0.479 e. The van der Waals surface area contributed by atoms with Crippen molar-refractivity contribution in [1.82, 2.24) is 10.0 Å². The van der Waals surface area contributed by atoms with Crippen LogP contribution in [0.1, 0.15) is 17.0 Å². The molecule has 0 bridgehead atoms. The molecule has 0 heterocycles. The van der Waals surface area contributed by atoms with E-state index in [-0.39, 0.29) is 12.5 Å². The topological polar surface area (TPSA) is 142 Å². The standard InChI is InChI=1S/C17H16N2O7S/c20-16(21)15(19-27(23,24)25)18-17(22)26-9-14-12-7-3-1-5-10(12)11-6-2-4-8-13(11)14/h1-8,14-15,19H,9H2,(H,18,22)(H,20,21)(H,23,24,25)/t15-/m0/s1. The summed E-state index contributed by atoms with van der Waals surface area (Å²) in [5, 5.41) is 10.8. The highest BCUT2D eigenvalue weighted by Gasteiger charge is 2.30. The molecule has 142 valence electrons. The van der Waals surface area contributed by atoms with Crippen molar-refractivity contribution >= 4 is 22.4 Å². The van der Waals surface area contributed by atoms with E-state index < -0.39 is 28.5 Å². The highest BCUT2D eigenvalue weighted by molar-refractivity contribution is 7.83. The zero-order valence-corrected chi connectivity index (χ0v) is 14.6. The fraction of sp³-hybridized carbons (Fsp3) is 0.176. The van der Waals surface area contributed by atoms with Gasteiger partial charge in [-0.25, -0.2) is 9.59 Å². The lowest BCUT2D eigenvalue weighted by molar-refractivity contribution is -0.139. The molecule has 0 unspecified atom stereocenters.